The third kappa shape index (κ3) is 4.71. The van der Waals surface area contributed by atoms with Crippen molar-refractivity contribution >= 4 is 5.69 Å². The van der Waals surface area contributed by atoms with Crippen LogP contribution in [0.1, 0.15) is 28.3 Å². The van der Waals surface area contributed by atoms with Crippen molar-refractivity contribution in [2.75, 3.05) is 0 Å². The van der Waals surface area contributed by atoms with E-state index in [1.165, 1.54) is 6.07 Å². The number of hydrogen-bond acceptors (Lipinski definition) is 5. The lowest BCUT2D eigenvalue weighted by atomic mass is 9.97. The first-order valence-electron chi connectivity index (χ1n) is 10.3. The van der Waals surface area contributed by atoms with Crippen molar-refractivity contribution in [2.24, 2.45) is 5.73 Å². The highest BCUT2D eigenvalue weighted by Gasteiger charge is 2.18. The number of nitrogens with two attached hydrogens (primary N) is 1. The van der Waals surface area contributed by atoms with Crippen LogP contribution in [0.2, 0.25) is 0 Å². The van der Waals surface area contributed by atoms with Gasteiger partial charge in [0, 0.05) is 17.7 Å². The summed E-state index contributed by atoms with van der Waals surface area (Å²) in [6.07, 6.45) is 3.60. The van der Waals surface area contributed by atoms with E-state index in [0.29, 0.717) is 6.42 Å². The van der Waals surface area contributed by atoms with Gasteiger partial charge in [-0.15, -0.1) is 0 Å². The molecule has 0 amide bonds. The summed E-state index contributed by atoms with van der Waals surface area (Å²) in [6, 6.07) is 22.6. The molecule has 0 radical (unpaired) electrons. The molecule has 0 saturated carbocycles. The largest absolute Gasteiger partial charge is 0.482 e. The normalized spacial score (nSPS) is 11.8. The van der Waals surface area contributed by atoms with Crippen LogP contribution in [0.3, 0.4) is 0 Å². The summed E-state index contributed by atoms with van der Waals surface area (Å²) in [5.74, 6) is 0.236. The number of nitro benzene ring substituents is 1. The van der Waals surface area contributed by atoms with Gasteiger partial charge in [0.2, 0.25) is 0 Å². The smallest absolute Gasteiger partial charge is 0.311 e. The first kappa shape index (κ1) is 21.3. The van der Waals surface area contributed by atoms with Crippen LogP contribution in [-0.4, -0.2) is 4.92 Å². The molecule has 3 aromatic carbocycles. The van der Waals surface area contributed by atoms with Crippen LogP contribution in [0.5, 0.6) is 5.75 Å². The van der Waals surface area contributed by atoms with E-state index in [2.05, 4.69) is 18.2 Å². The van der Waals surface area contributed by atoms with E-state index in [1.807, 2.05) is 43.3 Å². The van der Waals surface area contributed by atoms with Gasteiger partial charge in [-0.25, -0.2) is 0 Å². The van der Waals surface area contributed by atoms with Crippen LogP contribution in [0.4, 0.5) is 5.69 Å². The molecule has 32 heavy (non-hydrogen) atoms. The molecule has 6 nitrogen and oxygen atoms in total. The van der Waals surface area contributed by atoms with Crippen molar-refractivity contribution in [3.8, 4) is 16.9 Å². The summed E-state index contributed by atoms with van der Waals surface area (Å²) < 4.78 is 11.0. The van der Waals surface area contributed by atoms with Crippen LogP contribution in [0.15, 0.2) is 89.7 Å². The van der Waals surface area contributed by atoms with E-state index < -0.39 is 4.92 Å². The molecule has 2 N–H and O–H groups in total. The average Bonchev–Trinajstić information content (AvgIpc) is 3.35. The number of benzene rings is 3. The summed E-state index contributed by atoms with van der Waals surface area (Å²) >= 11 is 0. The molecule has 162 valence electrons. The molecule has 4 rings (SSSR count). The fourth-order valence-electron chi connectivity index (χ4n) is 3.74. The van der Waals surface area contributed by atoms with Gasteiger partial charge in [0.15, 0.2) is 5.75 Å². The van der Waals surface area contributed by atoms with Gasteiger partial charge in [-0.3, -0.25) is 10.1 Å². The van der Waals surface area contributed by atoms with E-state index in [9.17, 15) is 10.1 Å². The van der Waals surface area contributed by atoms with E-state index in [1.54, 1.807) is 24.7 Å². The Morgan fingerprint density at radius 3 is 2.59 bits per heavy atom. The molecule has 0 bridgehead atoms. The minimum Gasteiger partial charge on any atom is -0.482 e. The van der Waals surface area contributed by atoms with Gasteiger partial charge in [-0.2, -0.15) is 0 Å². The van der Waals surface area contributed by atoms with Crippen LogP contribution in [0, 0.1) is 17.0 Å². The lowest BCUT2D eigenvalue weighted by Gasteiger charge is -2.14. The number of nitro groups is 1. The maximum Gasteiger partial charge on any atom is 0.311 e. The Bertz CT molecular complexity index is 1200. The van der Waals surface area contributed by atoms with Gasteiger partial charge in [-0.1, -0.05) is 54.6 Å². The Morgan fingerprint density at radius 2 is 1.88 bits per heavy atom. The molecule has 0 aliphatic rings. The Balaban J connectivity index is 1.53. The van der Waals surface area contributed by atoms with Gasteiger partial charge in [-0.05, 0) is 53.3 Å². The molecule has 0 fully saturated rings. The molecule has 1 aromatic heterocycles. The minimum absolute atomic E-state index is 0.0706. The summed E-state index contributed by atoms with van der Waals surface area (Å²) in [5.41, 5.74) is 12.0. The third-order valence-corrected chi connectivity index (χ3v) is 5.56. The first-order valence-corrected chi connectivity index (χ1v) is 10.3. The van der Waals surface area contributed by atoms with Crippen LogP contribution >= 0.6 is 0 Å². The van der Waals surface area contributed by atoms with Crippen molar-refractivity contribution in [3.63, 3.8) is 0 Å². The Hall–Kier alpha value is -3.90. The molecule has 1 unspecified atom stereocenters. The van der Waals surface area contributed by atoms with Gasteiger partial charge in [0.1, 0.15) is 6.61 Å². The van der Waals surface area contributed by atoms with Crippen molar-refractivity contribution in [1.29, 1.82) is 0 Å². The number of rotatable bonds is 8. The summed E-state index contributed by atoms with van der Waals surface area (Å²) in [6.45, 7) is 2.27. The van der Waals surface area contributed by atoms with E-state index in [0.717, 1.165) is 33.4 Å². The molecule has 1 heterocycles. The maximum atomic E-state index is 11.7. The number of ether oxygens (including phenoxy) is 1. The van der Waals surface area contributed by atoms with Crippen molar-refractivity contribution in [3.05, 3.63) is 118 Å². The Morgan fingerprint density at radius 1 is 1.06 bits per heavy atom. The van der Waals surface area contributed by atoms with Gasteiger partial charge in [0.25, 0.3) is 0 Å². The zero-order valence-electron chi connectivity index (χ0n) is 17.7. The van der Waals surface area contributed by atoms with Crippen molar-refractivity contribution in [1.82, 2.24) is 0 Å². The van der Waals surface area contributed by atoms with E-state index in [4.69, 9.17) is 14.9 Å². The summed E-state index contributed by atoms with van der Waals surface area (Å²) in [5, 5.41) is 11.7. The Kier molecular flexibility index (Phi) is 6.33. The topological polar surface area (TPSA) is 91.5 Å². The monoisotopic (exact) mass is 428 g/mol. The van der Waals surface area contributed by atoms with Crippen molar-refractivity contribution in [2.45, 2.75) is 26.0 Å². The van der Waals surface area contributed by atoms with Crippen LogP contribution in [-0.2, 0) is 13.0 Å². The molecule has 0 saturated heterocycles. The van der Waals surface area contributed by atoms with E-state index in [-0.39, 0.29) is 24.1 Å². The van der Waals surface area contributed by atoms with Gasteiger partial charge < -0.3 is 14.9 Å². The average molecular weight is 428 g/mol. The molecule has 6 heteroatoms. The minimum atomic E-state index is -0.421. The summed E-state index contributed by atoms with van der Waals surface area (Å²) in [7, 11) is 0. The third-order valence-electron chi connectivity index (χ3n) is 5.56. The van der Waals surface area contributed by atoms with Crippen LogP contribution < -0.4 is 10.5 Å². The van der Waals surface area contributed by atoms with Gasteiger partial charge >= 0.3 is 5.69 Å². The highest BCUT2D eigenvalue weighted by Crippen LogP contribution is 2.32. The fraction of sp³-hybridized carbons (Fsp3) is 0.154. The second-order valence-electron chi connectivity index (χ2n) is 7.67. The first-order chi connectivity index (χ1) is 15.5. The lowest BCUT2D eigenvalue weighted by molar-refractivity contribution is -0.386. The molecule has 4 aromatic rings. The molecule has 0 aliphatic heterocycles. The maximum absolute atomic E-state index is 11.7. The molecular weight excluding hydrogens is 404 g/mol. The number of nitrogens with zero attached hydrogens (tertiary/aromatic N) is 1. The summed E-state index contributed by atoms with van der Waals surface area (Å²) in [4.78, 5) is 11.3. The number of furan rings is 1. The standard InChI is InChI=1S/C26H24N2O4/c1-18-21(8-5-9-23(18)20-6-3-2-4-7-20)17-32-26-11-10-19(15-25(26)28(29)30)14-24(27)22-12-13-31-16-22/h2-13,15-16,24H,14,17,27H2,1H3. The van der Waals surface area contributed by atoms with Gasteiger partial charge in [0.05, 0.1) is 17.4 Å². The highest BCUT2D eigenvalue weighted by atomic mass is 16.6. The highest BCUT2D eigenvalue weighted by molar-refractivity contribution is 5.68. The quantitative estimate of drug-likeness (QED) is 0.275. The molecule has 1 atom stereocenters. The zero-order valence-corrected chi connectivity index (χ0v) is 17.7. The second-order valence-corrected chi connectivity index (χ2v) is 7.67. The Labute approximate surface area is 186 Å². The fourth-order valence-corrected chi connectivity index (χ4v) is 3.74. The lowest BCUT2D eigenvalue weighted by Crippen LogP contribution is -2.12. The molecule has 0 spiro atoms. The van der Waals surface area contributed by atoms with Crippen molar-refractivity contribution < 1.29 is 14.1 Å². The molecular formula is C26H24N2O4. The van der Waals surface area contributed by atoms with E-state index >= 15 is 0 Å². The molecule has 0 aliphatic carbocycles. The second kappa shape index (κ2) is 9.49. The predicted molar refractivity (Wildman–Crippen MR) is 123 cm³/mol. The number of hydrogen-bond donors (Lipinski definition) is 1. The predicted octanol–water partition coefficient (Wildman–Crippen LogP) is 5.98. The SMILES string of the molecule is Cc1c(COc2ccc(CC(N)c3ccoc3)cc2[N+](=O)[O-])cccc1-c1ccccc1. The zero-order chi connectivity index (χ0) is 22.5. The van der Waals surface area contributed by atoms with Crippen LogP contribution in [0.25, 0.3) is 11.1 Å².